The van der Waals surface area contributed by atoms with Crippen molar-refractivity contribution in [1.29, 1.82) is 0 Å². The van der Waals surface area contributed by atoms with Crippen LogP contribution in [0.15, 0.2) is 73.3 Å². The lowest BCUT2D eigenvalue weighted by atomic mass is 10.1. The third-order valence-electron chi connectivity index (χ3n) is 5.50. The van der Waals surface area contributed by atoms with E-state index in [0.717, 1.165) is 5.56 Å². The van der Waals surface area contributed by atoms with Crippen LogP contribution in [0.25, 0.3) is 0 Å². The Morgan fingerprint density at radius 1 is 1.03 bits per heavy atom. The normalized spacial score (nSPS) is 20.2. The standard InChI is InChI=1S/C23H20N4O3/c28-22(17-6-4-10-25-13-17)27-15-18-11-20(27)23(29)26(14-16-5-3-9-24-12-16)19-7-1-2-8-21(19)30-18/h1-10,12-13,18,20H,11,14-15H2. The number of amides is 2. The van der Waals surface area contributed by atoms with Gasteiger partial charge in [-0.1, -0.05) is 18.2 Å². The van der Waals surface area contributed by atoms with Gasteiger partial charge < -0.3 is 14.5 Å². The zero-order valence-corrected chi connectivity index (χ0v) is 16.2. The van der Waals surface area contributed by atoms with Gasteiger partial charge >= 0.3 is 0 Å². The van der Waals surface area contributed by atoms with Gasteiger partial charge in [-0.25, -0.2) is 0 Å². The zero-order valence-electron chi connectivity index (χ0n) is 16.2. The molecule has 1 fully saturated rings. The second-order valence-corrected chi connectivity index (χ2v) is 7.44. The van der Waals surface area contributed by atoms with Crippen molar-refractivity contribution in [2.45, 2.75) is 25.1 Å². The molecule has 2 aliphatic heterocycles. The highest BCUT2D eigenvalue weighted by Crippen LogP contribution is 2.37. The molecule has 0 saturated carbocycles. The van der Waals surface area contributed by atoms with E-state index in [0.29, 0.717) is 36.5 Å². The van der Waals surface area contributed by atoms with Gasteiger partial charge in [0.25, 0.3) is 5.91 Å². The van der Waals surface area contributed by atoms with E-state index in [1.54, 1.807) is 40.5 Å². The Morgan fingerprint density at radius 2 is 1.83 bits per heavy atom. The molecule has 7 nitrogen and oxygen atoms in total. The summed E-state index contributed by atoms with van der Waals surface area (Å²) in [5.41, 5.74) is 2.07. The molecule has 30 heavy (non-hydrogen) atoms. The number of nitrogens with zero attached hydrogens (tertiary/aromatic N) is 4. The molecule has 7 heteroatoms. The van der Waals surface area contributed by atoms with Gasteiger partial charge in [-0.05, 0) is 35.9 Å². The second-order valence-electron chi connectivity index (χ2n) is 7.44. The van der Waals surface area contributed by atoms with Crippen molar-refractivity contribution in [3.63, 3.8) is 0 Å². The molecule has 3 aromatic rings. The van der Waals surface area contributed by atoms with E-state index in [4.69, 9.17) is 4.74 Å². The van der Waals surface area contributed by atoms with Crippen LogP contribution in [-0.2, 0) is 11.3 Å². The lowest BCUT2D eigenvalue weighted by molar-refractivity contribution is -0.122. The Bertz CT molecular complexity index is 1070. The Hall–Kier alpha value is -3.74. The molecule has 150 valence electrons. The summed E-state index contributed by atoms with van der Waals surface area (Å²) in [6.45, 7) is 0.711. The Labute approximate surface area is 173 Å². The number of carbonyl (C=O) groups is 2. The minimum atomic E-state index is -0.590. The Morgan fingerprint density at radius 3 is 2.60 bits per heavy atom. The molecular formula is C23H20N4O3. The molecule has 0 N–H and O–H groups in total. The van der Waals surface area contributed by atoms with E-state index in [-0.39, 0.29) is 17.9 Å². The largest absolute Gasteiger partial charge is 0.486 e. The van der Waals surface area contributed by atoms with Crippen LogP contribution in [0.2, 0.25) is 0 Å². The van der Waals surface area contributed by atoms with Gasteiger partial charge in [-0.15, -0.1) is 0 Å². The molecule has 2 bridgehead atoms. The van der Waals surface area contributed by atoms with E-state index >= 15 is 0 Å². The number of carbonyl (C=O) groups excluding carboxylic acids is 2. The highest BCUT2D eigenvalue weighted by molar-refractivity contribution is 6.03. The number of ether oxygens (including phenoxy) is 1. The molecule has 2 unspecified atom stereocenters. The average Bonchev–Trinajstić information content (AvgIpc) is 3.22. The Kier molecular flexibility index (Phi) is 4.63. The van der Waals surface area contributed by atoms with Crippen LogP contribution in [0.4, 0.5) is 5.69 Å². The SMILES string of the molecule is O=C1C2CC(CN2C(=O)c2cccnc2)Oc2ccccc2N1Cc1cccnc1. The van der Waals surface area contributed by atoms with E-state index in [1.165, 1.54) is 6.20 Å². The van der Waals surface area contributed by atoms with Gasteiger partial charge in [0.15, 0.2) is 0 Å². The zero-order chi connectivity index (χ0) is 20.5. The fraction of sp³-hybridized carbons (Fsp3) is 0.217. The van der Waals surface area contributed by atoms with Gasteiger partial charge in [-0.3, -0.25) is 19.6 Å². The number of para-hydroxylation sites is 2. The van der Waals surface area contributed by atoms with Crippen molar-refractivity contribution >= 4 is 17.5 Å². The summed E-state index contributed by atoms with van der Waals surface area (Å²) in [6.07, 6.45) is 6.82. The smallest absolute Gasteiger partial charge is 0.256 e. The van der Waals surface area contributed by atoms with Crippen molar-refractivity contribution in [3.8, 4) is 5.75 Å². The first kappa shape index (κ1) is 18.3. The lowest BCUT2D eigenvalue weighted by Crippen LogP contribution is -2.47. The Balaban J connectivity index is 1.53. The maximum absolute atomic E-state index is 13.7. The third kappa shape index (κ3) is 3.28. The average molecular weight is 400 g/mol. The van der Waals surface area contributed by atoms with Crippen LogP contribution >= 0.6 is 0 Å². The number of likely N-dealkylation sites (tertiary alicyclic amines) is 1. The number of hydrogen-bond acceptors (Lipinski definition) is 5. The summed E-state index contributed by atoms with van der Waals surface area (Å²) in [4.78, 5) is 38.4. The molecule has 4 heterocycles. The molecule has 0 spiro atoms. The molecular weight excluding hydrogens is 380 g/mol. The first-order chi connectivity index (χ1) is 14.7. The number of rotatable bonds is 3. The van der Waals surface area contributed by atoms with Crippen LogP contribution in [0.5, 0.6) is 5.75 Å². The maximum atomic E-state index is 13.7. The third-order valence-corrected chi connectivity index (χ3v) is 5.50. The topological polar surface area (TPSA) is 75.6 Å². The van der Waals surface area contributed by atoms with Crippen LogP contribution in [0.3, 0.4) is 0 Å². The fourth-order valence-corrected chi connectivity index (χ4v) is 4.09. The number of anilines is 1. The highest BCUT2D eigenvalue weighted by atomic mass is 16.5. The second kappa shape index (κ2) is 7.59. The molecule has 2 atom stereocenters. The van der Waals surface area contributed by atoms with Gasteiger partial charge in [0.1, 0.15) is 17.9 Å². The minimum Gasteiger partial charge on any atom is -0.486 e. The van der Waals surface area contributed by atoms with Crippen molar-refractivity contribution in [2.24, 2.45) is 0 Å². The summed E-state index contributed by atoms with van der Waals surface area (Å²) in [5.74, 6) is 0.322. The van der Waals surface area contributed by atoms with Crippen molar-refractivity contribution in [3.05, 3.63) is 84.4 Å². The summed E-state index contributed by atoms with van der Waals surface area (Å²) < 4.78 is 6.24. The lowest BCUT2D eigenvalue weighted by Gasteiger charge is -2.31. The molecule has 0 radical (unpaired) electrons. The van der Waals surface area contributed by atoms with Crippen LogP contribution < -0.4 is 9.64 Å². The van der Waals surface area contributed by atoms with Crippen molar-refractivity contribution in [1.82, 2.24) is 14.9 Å². The molecule has 5 rings (SSSR count). The van der Waals surface area contributed by atoms with E-state index in [2.05, 4.69) is 9.97 Å². The van der Waals surface area contributed by atoms with Gasteiger partial charge in [-0.2, -0.15) is 0 Å². The quantitative estimate of drug-likeness (QED) is 0.676. The molecule has 2 aliphatic rings. The molecule has 0 aliphatic carbocycles. The van der Waals surface area contributed by atoms with Crippen molar-refractivity contribution < 1.29 is 14.3 Å². The van der Waals surface area contributed by atoms with Gasteiger partial charge in [0.05, 0.1) is 24.3 Å². The minimum absolute atomic E-state index is 0.116. The number of hydrogen-bond donors (Lipinski definition) is 0. The summed E-state index contributed by atoms with van der Waals surface area (Å²) in [5, 5.41) is 0. The predicted octanol–water partition coefficient (Wildman–Crippen LogP) is 2.69. The number of aromatic nitrogens is 2. The fourth-order valence-electron chi connectivity index (χ4n) is 4.09. The summed E-state index contributed by atoms with van der Waals surface area (Å²) in [6, 6.07) is 14.1. The van der Waals surface area contributed by atoms with E-state index in [9.17, 15) is 9.59 Å². The van der Waals surface area contributed by atoms with E-state index < -0.39 is 6.04 Å². The first-order valence-corrected chi connectivity index (χ1v) is 9.87. The van der Waals surface area contributed by atoms with Gasteiger partial charge in [0.2, 0.25) is 5.91 Å². The summed E-state index contributed by atoms with van der Waals surface area (Å²) in [7, 11) is 0. The molecule has 1 aromatic carbocycles. The van der Waals surface area contributed by atoms with Crippen molar-refractivity contribution in [2.75, 3.05) is 11.4 Å². The maximum Gasteiger partial charge on any atom is 0.256 e. The highest BCUT2D eigenvalue weighted by Gasteiger charge is 2.45. The number of fused-ring (bicyclic) bond motifs is 3. The van der Waals surface area contributed by atoms with E-state index in [1.807, 2.05) is 36.4 Å². The summed E-state index contributed by atoms with van der Waals surface area (Å²) >= 11 is 0. The monoisotopic (exact) mass is 400 g/mol. The number of benzene rings is 1. The van der Waals surface area contributed by atoms with Gasteiger partial charge in [0, 0.05) is 31.2 Å². The molecule has 2 aromatic heterocycles. The predicted molar refractivity (Wildman–Crippen MR) is 110 cm³/mol. The molecule has 2 amide bonds. The van der Waals surface area contributed by atoms with Crippen LogP contribution in [0, 0.1) is 0 Å². The number of pyridine rings is 2. The molecule has 1 saturated heterocycles. The van der Waals surface area contributed by atoms with Crippen LogP contribution in [-0.4, -0.2) is 45.4 Å². The first-order valence-electron chi connectivity index (χ1n) is 9.87. The van der Waals surface area contributed by atoms with Crippen LogP contribution in [0.1, 0.15) is 22.3 Å².